The molecule has 0 spiro atoms. The molecule has 37 heavy (non-hydrogen) atoms. The lowest BCUT2D eigenvalue weighted by Gasteiger charge is -2.33. The maximum Gasteiger partial charge on any atom is 0.150 e. The van der Waals surface area contributed by atoms with E-state index in [0.717, 1.165) is 11.8 Å². The lowest BCUT2D eigenvalue weighted by atomic mass is 9.87. The van der Waals surface area contributed by atoms with E-state index in [4.69, 9.17) is 0 Å². The van der Waals surface area contributed by atoms with Crippen LogP contribution in [0.25, 0.3) is 20.9 Å². The van der Waals surface area contributed by atoms with Crippen LogP contribution in [0.2, 0.25) is 0 Å². The third kappa shape index (κ3) is 4.52. The summed E-state index contributed by atoms with van der Waals surface area (Å²) in [5.41, 5.74) is 8.10. The van der Waals surface area contributed by atoms with Crippen molar-refractivity contribution in [3.05, 3.63) is 114 Å². The summed E-state index contributed by atoms with van der Waals surface area (Å²) in [4.78, 5) is 18.3. The third-order valence-electron chi connectivity index (χ3n) is 6.74. The second-order valence-corrected chi connectivity index (χ2v) is 12.5. The van der Waals surface area contributed by atoms with Gasteiger partial charge in [0.15, 0.2) is 0 Å². The van der Waals surface area contributed by atoms with Crippen molar-refractivity contribution in [2.24, 2.45) is 0 Å². The molecule has 1 aliphatic heterocycles. The first kappa shape index (κ1) is 23.8. The minimum atomic E-state index is 0.122. The molecule has 0 saturated carbocycles. The van der Waals surface area contributed by atoms with Crippen LogP contribution in [0.4, 0.5) is 17.1 Å². The number of benzene rings is 4. The van der Waals surface area contributed by atoms with Crippen molar-refractivity contribution in [2.45, 2.75) is 36.0 Å². The highest BCUT2D eigenvalue weighted by Gasteiger charge is 2.25. The van der Waals surface area contributed by atoms with Gasteiger partial charge in [0.25, 0.3) is 0 Å². The van der Waals surface area contributed by atoms with Crippen molar-refractivity contribution < 1.29 is 4.79 Å². The molecule has 0 bridgehead atoms. The fraction of sp³-hybridized carbons (Fsp3) is 0.121. The van der Waals surface area contributed by atoms with Crippen molar-refractivity contribution in [3.63, 3.8) is 0 Å². The van der Waals surface area contributed by atoms with Crippen molar-refractivity contribution in [3.8, 4) is 20.9 Å². The first-order valence-electron chi connectivity index (χ1n) is 12.4. The number of para-hydroxylation sites is 1. The van der Waals surface area contributed by atoms with Gasteiger partial charge in [-0.1, -0.05) is 87.1 Å². The first-order valence-corrected chi connectivity index (χ1v) is 14.0. The van der Waals surface area contributed by atoms with Gasteiger partial charge in [0.2, 0.25) is 0 Å². The number of thiophene rings is 1. The van der Waals surface area contributed by atoms with Crippen molar-refractivity contribution in [1.29, 1.82) is 0 Å². The number of hydrogen-bond acceptors (Lipinski definition) is 4. The molecule has 2 nitrogen and oxygen atoms in total. The van der Waals surface area contributed by atoms with Crippen LogP contribution in [-0.4, -0.2) is 6.29 Å². The standard InChI is InChI=1S/C33H27NOS2/c1-33(2,3)25-13-15-26(16-14-25)34-27-6-4-5-7-31(27)37-32-20-24(12-17-28(32)34)30-19-18-29(36-30)23-10-8-22(21-35)9-11-23/h4-21H,1-3H3. The molecular weight excluding hydrogens is 491 g/mol. The van der Waals surface area contributed by atoms with Crippen LogP contribution in [0.5, 0.6) is 0 Å². The predicted octanol–water partition coefficient (Wildman–Crippen LogP) is 10.1. The molecule has 5 aromatic rings. The molecule has 0 N–H and O–H groups in total. The number of hydrogen-bond donors (Lipinski definition) is 0. The SMILES string of the molecule is CC(C)(C)c1ccc(N2c3ccccc3Sc3cc(-c4ccc(-c5ccc(C=O)cc5)s4)ccc32)cc1. The summed E-state index contributed by atoms with van der Waals surface area (Å²) in [6, 6.07) is 36.6. The Bertz CT molecular complexity index is 1590. The number of carbonyl (C=O) groups is 1. The van der Waals surface area contributed by atoms with Crippen LogP contribution >= 0.6 is 23.1 Å². The molecule has 0 fully saturated rings. The second-order valence-electron chi connectivity index (χ2n) is 10.3. The average molecular weight is 518 g/mol. The van der Waals surface area contributed by atoms with E-state index in [2.05, 4.69) is 105 Å². The van der Waals surface area contributed by atoms with Crippen molar-refractivity contribution >= 4 is 46.4 Å². The lowest BCUT2D eigenvalue weighted by molar-refractivity contribution is 0.112. The Labute approximate surface area is 226 Å². The van der Waals surface area contributed by atoms with Crippen LogP contribution in [0.1, 0.15) is 36.7 Å². The summed E-state index contributed by atoms with van der Waals surface area (Å²) in [5, 5.41) is 0. The normalized spacial score (nSPS) is 12.7. The van der Waals surface area contributed by atoms with Crippen LogP contribution in [0, 0.1) is 0 Å². The first-order chi connectivity index (χ1) is 17.9. The van der Waals surface area contributed by atoms with Crippen molar-refractivity contribution in [2.75, 3.05) is 4.90 Å². The Balaban J connectivity index is 1.38. The van der Waals surface area contributed by atoms with Crippen LogP contribution in [0.3, 0.4) is 0 Å². The number of rotatable bonds is 4. The van der Waals surface area contributed by atoms with Gasteiger partial charge in [-0.15, -0.1) is 11.3 Å². The van der Waals surface area contributed by atoms with Gasteiger partial charge < -0.3 is 4.90 Å². The van der Waals surface area contributed by atoms with E-state index in [9.17, 15) is 4.79 Å². The average Bonchev–Trinajstić information content (AvgIpc) is 3.41. The summed E-state index contributed by atoms with van der Waals surface area (Å²) in [7, 11) is 0. The van der Waals surface area contributed by atoms with Gasteiger partial charge in [-0.25, -0.2) is 0 Å². The number of fused-ring (bicyclic) bond motifs is 2. The zero-order valence-electron chi connectivity index (χ0n) is 21.1. The Morgan fingerprint density at radius 1 is 0.676 bits per heavy atom. The topological polar surface area (TPSA) is 20.3 Å². The molecule has 0 atom stereocenters. The minimum absolute atomic E-state index is 0.122. The van der Waals surface area contributed by atoms with E-state index in [1.165, 1.54) is 47.7 Å². The zero-order chi connectivity index (χ0) is 25.6. The van der Waals surface area contributed by atoms with E-state index < -0.39 is 0 Å². The molecule has 2 heterocycles. The summed E-state index contributed by atoms with van der Waals surface area (Å²) in [6.07, 6.45) is 0.884. The second kappa shape index (κ2) is 9.37. The molecule has 1 aliphatic rings. The summed E-state index contributed by atoms with van der Waals surface area (Å²) in [6.45, 7) is 6.76. The maximum absolute atomic E-state index is 11.0. The Morgan fingerprint density at radius 2 is 1.32 bits per heavy atom. The van der Waals surface area contributed by atoms with Gasteiger partial charge in [-0.05, 0) is 70.6 Å². The van der Waals surface area contributed by atoms with Gasteiger partial charge in [-0.3, -0.25) is 4.79 Å². The van der Waals surface area contributed by atoms with Gasteiger partial charge in [0.1, 0.15) is 6.29 Å². The number of anilines is 3. The summed E-state index contributed by atoms with van der Waals surface area (Å²) < 4.78 is 0. The lowest BCUT2D eigenvalue weighted by Crippen LogP contribution is -2.16. The maximum atomic E-state index is 11.0. The molecule has 4 heteroatoms. The number of aldehydes is 1. The van der Waals surface area contributed by atoms with Crippen LogP contribution in [0.15, 0.2) is 113 Å². The molecule has 0 radical (unpaired) electrons. The molecule has 4 aromatic carbocycles. The third-order valence-corrected chi connectivity index (χ3v) is 9.04. The van der Waals surface area contributed by atoms with Gasteiger partial charge in [-0.2, -0.15) is 0 Å². The van der Waals surface area contributed by atoms with Gasteiger partial charge in [0, 0.05) is 30.8 Å². The quantitative estimate of drug-likeness (QED) is 0.217. The molecule has 1 aromatic heterocycles. The Morgan fingerprint density at radius 3 is 2.03 bits per heavy atom. The summed E-state index contributed by atoms with van der Waals surface area (Å²) in [5.74, 6) is 0. The Hall–Kier alpha value is -3.60. The molecule has 0 saturated heterocycles. The number of carbonyl (C=O) groups excluding carboxylic acids is 1. The van der Waals surface area contributed by atoms with E-state index in [-0.39, 0.29) is 5.41 Å². The highest BCUT2D eigenvalue weighted by molar-refractivity contribution is 7.99. The highest BCUT2D eigenvalue weighted by Crippen LogP contribution is 2.52. The fourth-order valence-electron chi connectivity index (χ4n) is 4.67. The molecule has 0 aliphatic carbocycles. The largest absolute Gasteiger partial charge is 0.308 e. The van der Waals surface area contributed by atoms with E-state index >= 15 is 0 Å². The van der Waals surface area contributed by atoms with Crippen molar-refractivity contribution in [1.82, 2.24) is 0 Å². The smallest absolute Gasteiger partial charge is 0.150 e. The zero-order valence-corrected chi connectivity index (χ0v) is 22.7. The monoisotopic (exact) mass is 517 g/mol. The van der Waals surface area contributed by atoms with E-state index in [0.29, 0.717) is 5.56 Å². The van der Waals surface area contributed by atoms with Gasteiger partial charge >= 0.3 is 0 Å². The van der Waals surface area contributed by atoms with Crippen LogP contribution in [-0.2, 0) is 5.41 Å². The van der Waals surface area contributed by atoms with E-state index in [1.807, 2.05) is 36.0 Å². The van der Waals surface area contributed by atoms with Crippen LogP contribution < -0.4 is 4.90 Å². The molecule has 182 valence electrons. The van der Waals surface area contributed by atoms with E-state index in [1.54, 1.807) is 11.3 Å². The Kier molecular flexibility index (Phi) is 6.02. The molecular formula is C33H27NOS2. The fourth-order valence-corrected chi connectivity index (χ4v) is 6.78. The number of nitrogens with zero attached hydrogens (tertiary/aromatic N) is 1. The highest BCUT2D eigenvalue weighted by atomic mass is 32.2. The predicted molar refractivity (Wildman–Crippen MR) is 158 cm³/mol. The molecule has 6 rings (SSSR count). The minimum Gasteiger partial charge on any atom is -0.308 e. The molecule has 0 unspecified atom stereocenters. The summed E-state index contributed by atoms with van der Waals surface area (Å²) >= 11 is 3.61. The molecule has 0 amide bonds. The van der Waals surface area contributed by atoms with Gasteiger partial charge in [0.05, 0.1) is 11.4 Å².